The smallest absolute Gasteiger partial charge is 0.256 e. The number of carbonyl (C=O) groups is 1. The molecule has 0 bridgehead atoms. The van der Waals surface area contributed by atoms with Crippen LogP contribution in [0.2, 0.25) is 0 Å². The molecule has 6 nitrogen and oxygen atoms in total. The van der Waals surface area contributed by atoms with E-state index in [4.69, 9.17) is 11.5 Å². The van der Waals surface area contributed by atoms with Crippen molar-refractivity contribution in [3.05, 3.63) is 51.3 Å². The number of aryl methyl sites for hydroxylation is 1. The fourth-order valence-corrected chi connectivity index (χ4v) is 2.33. The Morgan fingerprint density at radius 1 is 1.21 bits per heavy atom. The van der Waals surface area contributed by atoms with Gasteiger partial charge < -0.3 is 16.6 Å². The van der Waals surface area contributed by atoms with Gasteiger partial charge in [-0.15, -0.1) is 0 Å². The molecule has 1 aliphatic rings. The topological polar surface area (TPSA) is 111 Å². The van der Waals surface area contributed by atoms with Crippen LogP contribution in [0.4, 0.5) is 5.82 Å². The Hall–Kier alpha value is -2.76. The number of anilines is 1. The zero-order valence-corrected chi connectivity index (χ0v) is 14.2. The minimum Gasteiger partial charge on any atom is -0.508 e. The van der Waals surface area contributed by atoms with E-state index in [1.807, 2.05) is 0 Å². The van der Waals surface area contributed by atoms with Crippen LogP contribution >= 0.6 is 0 Å². The molecule has 24 heavy (non-hydrogen) atoms. The molecule has 1 amide bonds. The van der Waals surface area contributed by atoms with E-state index in [-0.39, 0.29) is 17.1 Å². The second-order valence-electron chi connectivity index (χ2n) is 6.23. The number of nitrogens with two attached hydrogens (primary N) is 2. The maximum absolute atomic E-state index is 12.1. The van der Waals surface area contributed by atoms with E-state index in [1.165, 1.54) is 35.6 Å². The van der Waals surface area contributed by atoms with Crippen LogP contribution in [0.3, 0.4) is 0 Å². The maximum atomic E-state index is 12.1. The molecule has 0 aliphatic heterocycles. The van der Waals surface area contributed by atoms with Gasteiger partial charge >= 0.3 is 0 Å². The number of nitrogens with zero attached hydrogens (tertiary/aromatic N) is 1. The molecule has 1 aliphatic carbocycles. The standard InChI is InChI=1S/C14H15N3O3.C4H8/c1-7-3-5-10(18)8(2)12(7)17-11(19)6-4-9(13(17)15)14(16)20;1-4-2-3-4/h3-6,18H,15H2,1-2H3,(H2,16,20);4H,2-3H2,1H3. The number of nitrogen functional groups attached to an aromatic ring is 1. The zero-order chi connectivity index (χ0) is 18.0. The lowest BCUT2D eigenvalue weighted by Gasteiger charge is -2.17. The van der Waals surface area contributed by atoms with Gasteiger partial charge in [0.15, 0.2) is 0 Å². The van der Waals surface area contributed by atoms with E-state index >= 15 is 0 Å². The SMILES string of the molecule is CC1CC1.Cc1ccc(O)c(C)c1-n1c(N)c(C(N)=O)ccc1=O. The summed E-state index contributed by atoms with van der Waals surface area (Å²) in [4.78, 5) is 23.4. The van der Waals surface area contributed by atoms with E-state index in [2.05, 4.69) is 6.92 Å². The maximum Gasteiger partial charge on any atom is 0.256 e. The van der Waals surface area contributed by atoms with Crippen molar-refractivity contribution in [2.24, 2.45) is 11.7 Å². The first kappa shape index (κ1) is 17.6. The van der Waals surface area contributed by atoms with Gasteiger partial charge in [-0.1, -0.05) is 25.8 Å². The molecule has 6 heteroatoms. The van der Waals surface area contributed by atoms with Gasteiger partial charge in [-0.25, -0.2) is 0 Å². The predicted molar refractivity (Wildman–Crippen MR) is 94.5 cm³/mol. The summed E-state index contributed by atoms with van der Waals surface area (Å²) in [5.41, 5.74) is 12.5. The molecule has 1 aromatic carbocycles. The third-order valence-electron chi connectivity index (χ3n) is 4.09. The van der Waals surface area contributed by atoms with Gasteiger partial charge in [-0.2, -0.15) is 0 Å². The van der Waals surface area contributed by atoms with E-state index < -0.39 is 11.5 Å². The van der Waals surface area contributed by atoms with Crippen LogP contribution in [-0.2, 0) is 0 Å². The van der Waals surface area contributed by atoms with Crippen molar-refractivity contribution < 1.29 is 9.90 Å². The molecular formula is C18H23N3O3. The summed E-state index contributed by atoms with van der Waals surface area (Å²) in [6.45, 7) is 5.73. The first-order valence-corrected chi connectivity index (χ1v) is 7.85. The lowest BCUT2D eigenvalue weighted by Crippen LogP contribution is -2.26. The first-order chi connectivity index (χ1) is 11.2. The van der Waals surface area contributed by atoms with Crippen molar-refractivity contribution in [1.82, 2.24) is 4.57 Å². The number of rotatable bonds is 2. The Balaban J connectivity index is 0.000000454. The van der Waals surface area contributed by atoms with Gasteiger partial charge in [-0.05, 0) is 37.5 Å². The number of carbonyl (C=O) groups excluding carboxylic acids is 1. The number of phenols is 1. The van der Waals surface area contributed by atoms with E-state index in [1.54, 1.807) is 19.9 Å². The molecule has 1 aromatic heterocycles. The van der Waals surface area contributed by atoms with Crippen LogP contribution in [-0.4, -0.2) is 15.6 Å². The summed E-state index contributed by atoms with van der Waals surface area (Å²) in [6.07, 6.45) is 2.97. The second-order valence-corrected chi connectivity index (χ2v) is 6.23. The molecule has 1 saturated carbocycles. The second kappa shape index (κ2) is 6.78. The number of aromatic nitrogens is 1. The van der Waals surface area contributed by atoms with Gasteiger partial charge in [0, 0.05) is 11.6 Å². The largest absolute Gasteiger partial charge is 0.508 e. The Labute approximate surface area is 140 Å². The van der Waals surface area contributed by atoms with E-state index in [0.717, 1.165) is 11.5 Å². The lowest BCUT2D eigenvalue weighted by molar-refractivity contribution is 0.100. The monoisotopic (exact) mass is 329 g/mol. The van der Waals surface area contributed by atoms with E-state index in [9.17, 15) is 14.7 Å². The summed E-state index contributed by atoms with van der Waals surface area (Å²) in [6, 6.07) is 5.72. The molecule has 5 N–H and O–H groups in total. The predicted octanol–water partition coefficient (Wildman–Crippen LogP) is 2.26. The molecule has 1 heterocycles. The van der Waals surface area contributed by atoms with Crippen LogP contribution in [0.5, 0.6) is 5.75 Å². The van der Waals surface area contributed by atoms with Crippen LogP contribution in [0.15, 0.2) is 29.1 Å². The third-order valence-corrected chi connectivity index (χ3v) is 4.09. The molecule has 0 saturated heterocycles. The molecule has 1 fully saturated rings. The quantitative estimate of drug-likeness (QED) is 0.784. The Morgan fingerprint density at radius 3 is 2.29 bits per heavy atom. The molecule has 0 spiro atoms. The Morgan fingerprint density at radius 2 is 1.79 bits per heavy atom. The van der Waals surface area contributed by atoms with Crippen molar-refractivity contribution in [3.63, 3.8) is 0 Å². The fourth-order valence-electron chi connectivity index (χ4n) is 2.33. The average molecular weight is 329 g/mol. The third kappa shape index (κ3) is 3.59. The van der Waals surface area contributed by atoms with Crippen molar-refractivity contribution >= 4 is 11.7 Å². The van der Waals surface area contributed by atoms with Gasteiger partial charge in [0.2, 0.25) is 0 Å². The summed E-state index contributed by atoms with van der Waals surface area (Å²) in [7, 11) is 0. The van der Waals surface area contributed by atoms with Gasteiger partial charge in [-0.3, -0.25) is 14.2 Å². The summed E-state index contributed by atoms with van der Waals surface area (Å²) in [5.74, 6) is 0.370. The highest BCUT2D eigenvalue weighted by atomic mass is 16.3. The Kier molecular flexibility index (Phi) is 4.97. The summed E-state index contributed by atoms with van der Waals surface area (Å²) in [5, 5.41) is 9.80. The highest BCUT2D eigenvalue weighted by Gasteiger charge is 2.17. The number of hydrogen-bond acceptors (Lipinski definition) is 4. The van der Waals surface area contributed by atoms with Crippen LogP contribution in [0.25, 0.3) is 5.69 Å². The average Bonchev–Trinajstić information content (AvgIpc) is 3.29. The Bertz CT molecular complexity index is 836. The minimum atomic E-state index is -0.716. The number of benzene rings is 1. The van der Waals surface area contributed by atoms with Crippen LogP contribution in [0, 0.1) is 19.8 Å². The number of amides is 1. The van der Waals surface area contributed by atoms with Crippen molar-refractivity contribution in [2.75, 3.05) is 5.73 Å². The number of aromatic hydroxyl groups is 1. The van der Waals surface area contributed by atoms with Gasteiger partial charge in [0.25, 0.3) is 11.5 Å². The van der Waals surface area contributed by atoms with Crippen LogP contribution < -0.4 is 17.0 Å². The summed E-state index contributed by atoms with van der Waals surface area (Å²) < 4.78 is 1.18. The summed E-state index contributed by atoms with van der Waals surface area (Å²) >= 11 is 0. The van der Waals surface area contributed by atoms with Crippen molar-refractivity contribution in [3.8, 4) is 11.4 Å². The number of hydrogen-bond donors (Lipinski definition) is 3. The van der Waals surface area contributed by atoms with Gasteiger partial charge in [0.05, 0.1) is 11.3 Å². The van der Waals surface area contributed by atoms with Crippen molar-refractivity contribution in [1.29, 1.82) is 0 Å². The highest BCUT2D eigenvalue weighted by Crippen LogP contribution is 2.28. The lowest BCUT2D eigenvalue weighted by atomic mass is 10.1. The van der Waals surface area contributed by atoms with Crippen molar-refractivity contribution in [2.45, 2.75) is 33.6 Å². The molecule has 2 aromatic rings. The first-order valence-electron chi connectivity index (χ1n) is 7.85. The normalized spacial score (nSPS) is 13.1. The molecule has 3 rings (SSSR count). The van der Waals surface area contributed by atoms with E-state index in [0.29, 0.717) is 11.3 Å². The molecule has 0 atom stereocenters. The van der Waals surface area contributed by atoms with Gasteiger partial charge in [0.1, 0.15) is 11.6 Å². The fraction of sp³-hybridized carbons (Fsp3) is 0.333. The number of primary amides is 1. The molecule has 128 valence electrons. The highest BCUT2D eigenvalue weighted by molar-refractivity contribution is 5.97. The number of pyridine rings is 1. The molecular weight excluding hydrogens is 306 g/mol. The molecule has 0 radical (unpaired) electrons. The number of phenolic OH excluding ortho intramolecular Hbond substituents is 1. The minimum absolute atomic E-state index is 0.0400. The van der Waals surface area contributed by atoms with Crippen LogP contribution in [0.1, 0.15) is 41.3 Å². The molecule has 0 unspecified atom stereocenters. The zero-order valence-electron chi connectivity index (χ0n) is 14.2.